The van der Waals surface area contributed by atoms with Gasteiger partial charge in [-0.2, -0.15) is 0 Å². The number of methoxy groups -OCH3 is 1. The van der Waals surface area contributed by atoms with Crippen LogP contribution in [0.25, 0.3) is 0 Å². The van der Waals surface area contributed by atoms with Crippen LogP contribution in [-0.4, -0.2) is 25.3 Å². The zero-order valence-electron chi connectivity index (χ0n) is 14.5. The highest BCUT2D eigenvalue weighted by molar-refractivity contribution is 6.31. The van der Waals surface area contributed by atoms with Gasteiger partial charge in [0.2, 0.25) is 5.91 Å². The third kappa shape index (κ3) is 5.22. The molecule has 0 spiro atoms. The first kappa shape index (κ1) is 18.8. The predicted molar refractivity (Wildman–Crippen MR) is 101 cm³/mol. The van der Waals surface area contributed by atoms with Crippen molar-refractivity contribution in [1.29, 1.82) is 0 Å². The van der Waals surface area contributed by atoms with Crippen LogP contribution in [0.5, 0.6) is 5.75 Å². The second-order valence-electron chi connectivity index (χ2n) is 5.66. The van der Waals surface area contributed by atoms with Crippen molar-refractivity contribution in [1.82, 2.24) is 0 Å². The highest BCUT2D eigenvalue weighted by Gasteiger charge is 2.08. The molecule has 132 valence electrons. The summed E-state index contributed by atoms with van der Waals surface area (Å²) in [5, 5.41) is 6.60. The average molecular weight is 361 g/mol. The molecule has 25 heavy (non-hydrogen) atoms. The van der Waals surface area contributed by atoms with Crippen molar-refractivity contribution in [3.8, 4) is 5.75 Å². The van der Waals surface area contributed by atoms with Crippen molar-refractivity contribution in [3.05, 3.63) is 52.5 Å². The normalized spacial score (nSPS) is 10.2. The van der Waals surface area contributed by atoms with Crippen molar-refractivity contribution in [2.75, 3.05) is 24.3 Å². The minimum atomic E-state index is -0.141. The smallest absolute Gasteiger partial charge is 0.226 e. The Kier molecular flexibility index (Phi) is 6.42. The van der Waals surface area contributed by atoms with E-state index in [0.29, 0.717) is 28.6 Å². The largest absolute Gasteiger partial charge is 0.495 e. The van der Waals surface area contributed by atoms with Crippen LogP contribution in [-0.2, 0) is 4.79 Å². The molecule has 0 aliphatic heterocycles. The van der Waals surface area contributed by atoms with Gasteiger partial charge in [-0.15, -0.1) is 0 Å². The fourth-order valence-electron chi connectivity index (χ4n) is 2.32. The predicted octanol–water partition coefficient (Wildman–Crippen LogP) is 4.30. The standard InChI is InChI=1S/C19H21ClN2O3/c1-12-9-17(18(25-3)11-16(12)20)21-8-7-19(24)22-15-6-4-5-14(10-15)13(2)23/h4-6,9-11,21H,7-8H2,1-3H3,(H,22,24). The van der Waals surface area contributed by atoms with E-state index in [1.54, 1.807) is 37.4 Å². The summed E-state index contributed by atoms with van der Waals surface area (Å²) in [7, 11) is 1.57. The van der Waals surface area contributed by atoms with Gasteiger partial charge in [0.05, 0.1) is 12.8 Å². The minimum Gasteiger partial charge on any atom is -0.495 e. The molecule has 0 bridgehead atoms. The maximum Gasteiger partial charge on any atom is 0.226 e. The van der Waals surface area contributed by atoms with E-state index in [0.717, 1.165) is 11.3 Å². The number of carbonyl (C=O) groups excluding carboxylic acids is 2. The van der Waals surface area contributed by atoms with Crippen LogP contribution >= 0.6 is 11.6 Å². The minimum absolute atomic E-state index is 0.0389. The van der Waals surface area contributed by atoms with Crippen LogP contribution in [0.3, 0.4) is 0 Å². The van der Waals surface area contributed by atoms with Gasteiger partial charge in [0.1, 0.15) is 5.75 Å². The van der Waals surface area contributed by atoms with Crippen LogP contribution in [0, 0.1) is 6.92 Å². The van der Waals surface area contributed by atoms with Gasteiger partial charge in [-0.3, -0.25) is 9.59 Å². The number of ketones is 1. The lowest BCUT2D eigenvalue weighted by atomic mass is 10.1. The van der Waals surface area contributed by atoms with Gasteiger partial charge in [-0.1, -0.05) is 23.7 Å². The van der Waals surface area contributed by atoms with Gasteiger partial charge in [0.15, 0.2) is 5.78 Å². The molecule has 0 aliphatic carbocycles. The molecule has 2 aromatic rings. The van der Waals surface area contributed by atoms with Crippen LogP contribution in [0.2, 0.25) is 5.02 Å². The summed E-state index contributed by atoms with van der Waals surface area (Å²) in [6, 6.07) is 10.5. The van der Waals surface area contributed by atoms with E-state index in [4.69, 9.17) is 16.3 Å². The third-order valence-electron chi connectivity index (χ3n) is 3.70. The molecule has 0 aromatic heterocycles. The van der Waals surface area contributed by atoms with E-state index in [9.17, 15) is 9.59 Å². The van der Waals surface area contributed by atoms with Crippen LogP contribution in [0.1, 0.15) is 29.3 Å². The lowest BCUT2D eigenvalue weighted by molar-refractivity contribution is -0.115. The Bertz CT molecular complexity index is 790. The van der Waals surface area contributed by atoms with Gasteiger partial charge in [-0.05, 0) is 37.6 Å². The molecule has 0 saturated carbocycles. The molecule has 2 rings (SSSR count). The van der Waals surface area contributed by atoms with E-state index in [1.807, 2.05) is 13.0 Å². The lowest BCUT2D eigenvalue weighted by Crippen LogP contribution is -2.16. The van der Waals surface area contributed by atoms with Crippen molar-refractivity contribution < 1.29 is 14.3 Å². The van der Waals surface area contributed by atoms with Crippen LogP contribution in [0.4, 0.5) is 11.4 Å². The number of halogens is 1. The summed E-state index contributed by atoms with van der Waals surface area (Å²) in [6.45, 7) is 3.84. The molecule has 6 heteroatoms. The Morgan fingerprint density at radius 3 is 2.64 bits per heavy atom. The van der Waals surface area contributed by atoms with Crippen LogP contribution < -0.4 is 15.4 Å². The number of anilines is 2. The maximum atomic E-state index is 12.1. The fourth-order valence-corrected chi connectivity index (χ4v) is 2.47. The second-order valence-corrected chi connectivity index (χ2v) is 6.07. The third-order valence-corrected chi connectivity index (χ3v) is 4.11. The highest BCUT2D eigenvalue weighted by atomic mass is 35.5. The Morgan fingerprint density at radius 1 is 1.20 bits per heavy atom. The molecule has 2 N–H and O–H groups in total. The quantitative estimate of drug-likeness (QED) is 0.722. The first-order chi connectivity index (χ1) is 11.9. The Morgan fingerprint density at radius 2 is 1.96 bits per heavy atom. The number of nitrogens with one attached hydrogen (secondary N) is 2. The summed E-state index contributed by atoms with van der Waals surface area (Å²) in [6.07, 6.45) is 0.273. The van der Waals surface area contributed by atoms with E-state index < -0.39 is 0 Å². The number of Topliss-reactive ketones (excluding diaryl/α,β-unsaturated/α-hetero) is 1. The van der Waals surface area contributed by atoms with Crippen molar-refractivity contribution >= 4 is 34.7 Å². The van der Waals surface area contributed by atoms with Crippen molar-refractivity contribution in [2.45, 2.75) is 20.3 Å². The van der Waals surface area contributed by atoms with Crippen LogP contribution in [0.15, 0.2) is 36.4 Å². The fraction of sp³-hybridized carbons (Fsp3) is 0.263. The Hall–Kier alpha value is -2.53. The summed E-state index contributed by atoms with van der Waals surface area (Å²) in [4.78, 5) is 23.5. The molecular formula is C19H21ClN2O3. The van der Waals surface area contributed by atoms with E-state index in [1.165, 1.54) is 6.92 Å². The molecule has 0 radical (unpaired) electrons. The molecule has 0 atom stereocenters. The molecular weight excluding hydrogens is 340 g/mol. The molecule has 0 fully saturated rings. The first-order valence-corrected chi connectivity index (χ1v) is 8.27. The number of aryl methyl sites for hydroxylation is 1. The molecule has 2 aromatic carbocycles. The lowest BCUT2D eigenvalue weighted by Gasteiger charge is -2.13. The van der Waals surface area contributed by atoms with Gasteiger partial charge < -0.3 is 15.4 Å². The van der Waals surface area contributed by atoms with E-state index in [2.05, 4.69) is 10.6 Å². The summed E-state index contributed by atoms with van der Waals surface area (Å²) in [5.74, 6) is 0.450. The Labute approximate surface area is 152 Å². The SMILES string of the molecule is COc1cc(Cl)c(C)cc1NCCC(=O)Nc1cccc(C(C)=O)c1. The number of amides is 1. The maximum absolute atomic E-state index is 12.1. The second kappa shape index (κ2) is 8.53. The summed E-state index contributed by atoms with van der Waals surface area (Å²) < 4.78 is 5.29. The molecule has 0 heterocycles. The number of carbonyl (C=O) groups is 2. The zero-order chi connectivity index (χ0) is 18.4. The molecule has 0 saturated heterocycles. The van der Waals surface area contributed by atoms with E-state index >= 15 is 0 Å². The van der Waals surface area contributed by atoms with Gasteiger partial charge in [-0.25, -0.2) is 0 Å². The first-order valence-electron chi connectivity index (χ1n) is 7.89. The summed E-state index contributed by atoms with van der Waals surface area (Å²) in [5.41, 5.74) is 2.89. The number of rotatable bonds is 7. The average Bonchev–Trinajstić information content (AvgIpc) is 2.58. The van der Waals surface area contributed by atoms with Crippen molar-refractivity contribution in [2.24, 2.45) is 0 Å². The number of ether oxygens (including phenoxy) is 1. The molecule has 0 aliphatic rings. The van der Waals surface area contributed by atoms with Crippen molar-refractivity contribution in [3.63, 3.8) is 0 Å². The zero-order valence-corrected chi connectivity index (χ0v) is 15.2. The van der Waals surface area contributed by atoms with Gasteiger partial charge in [0.25, 0.3) is 0 Å². The van der Waals surface area contributed by atoms with Gasteiger partial charge >= 0.3 is 0 Å². The number of hydrogen-bond donors (Lipinski definition) is 2. The summed E-state index contributed by atoms with van der Waals surface area (Å²) >= 11 is 6.08. The van der Waals surface area contributed by atoms with E-state index in [-0.39, 0.29) is 18.1 Å². The highest BCUT2D eigenvalue weighted by Crippen LogP contribution is 2.30. The molecule has 1 amide bonds. The molecule has 5 nitrogen and oxygen atoms in total. The Balaban J connectivity index is 1.92. The number of hydrogen-bond acceptors (Lipinski definition) is 4. The van der Waals surface area contributed by atoms with Gasteiger partial charge in [0, 0.05) is 35.3 Å². The number of benzene rings is 2. The monoisotopic (exact) mass is 360 g/mol. The molecule has 0 unspecified atom stereocenters. The topological polar surface area (TPSA) is 67.4 Å².